The molecule has 0 unspecified atom stereocenters. The molecule has 0 aliphatic carbocycles. The van der Waals surface area contributed by atoms with Crippen molar-refractivity contribution in [3.63, 3.8) is 0 Å². The number of likely N-dealkylation sites (N-methyl/N-ethyl adjacent to an activating group) is 2. The van der Waals surface area contributed by atoms with Gasteiger partial charge in [0.2, 0.25) is 11.2 Å². The maximum atomic E-state index is 12.1. The van der Waals surface area contributed by atoms with Gasteiger partial charge in [0.25, 0.3) is 17.7 Å². The third-order valence-electron chi connectivity index (χ3n) is 9.35. The van der Waals surface area contributed by atoms with Gasteiger partial charge in [0, 0.05) is 51.2 Å². The molecule has 6 heterocycles. The van der Waals surface area contributed by atoms with Crippen LogP contribution in [0.4, 0.5) is 0 Å². The van der Waals surface area contributed by atoms with Crippen molar-refractivity contribution in [2.24, 2.45) is 5.73 Å². The molecule has 58 heavy (non-hydrogen) atoms. The van der Waals surface area contributed by atoms with Crippen LogP contribution in [0.3, 0.4) is 0 Å². The Morgan fingerprint density at radius 2 is 1.19 bits per heavy atom. The van der Waals surface area contributed by atoms with Crippen LogP contribution in [0.25, 0.3) is 33.4 Å². The number of carbonyl (C=O) groups is 4. The molecule has 19 nitrogen and oxygen atoms in total. The van der Waals surface area contributed by atoms with E-state index in [1.807, 2.05) is 0 Å². The molecule has 4 aromatic heterocycles. The molecular formula is C39H36N12O7. The maximum Gasteiger partial charge on any atom is 0.359 e. The summed E-state index contributed by atoms with van der Waals surface area (Å²) in [4.78, 5) is 50.8. The van der Waals surface area contributed by atoms with E-state index < -0.39 is 34.9 Å². The predicted octanol–water partition coefficient (Wildman–Crippen LogP) is 0.568. The van der Waals surface area contributed by atoms with E-state index in [4.69, 9.17) is 10.5 Å². The molecular weight excluding hydrogens is 749 g/mol. The van der Waals surface area contributed by atoms with Gasteiger partial charge in [-0.3, -0.25) is 14.4 Å². The van der Waals surface area contributed by atoms with Gasteiger partial charge in [-0.15, -0.1) is 10.2 Å². The Morgan fingerprint density at radius 3 is 1.60 bits per heavy atom. The zero-order chi connectivity index (χ0) is 40.5. The van der Waals surface area contributed by atoms with Crippen LogP contribution in [0.2, 0.25) is 0 Å². The summed E-state index contributed by atoms with van der Waals surface area (Å²) in [6.45, 7) is 0.913. The number of methoxy groups -OCH3 is 1. The molecule has 2 atom stereocenters. The highest BCUT2D eigenvalue weighted by Crippen LogP contribution is 2.25. The first-order valence-electron chi connectivity index (χ1n) is 17.3. The van der Waals surface area contributed by atoms with E-state index in [0.717, 1.165) is 0 Å². The zero-order valence-electron chi connectivity index (χ0n) is 31.4. The van der Waals surface area contributed by atoms with Crippen LogP contribution in [0.5, 0.6) is 0 Å². The molecule has 2 aliphatic rings. The Kier molecular flexibility index (Phi) is 11.0. The number of fused-ring (bicyclic) bond motifs is 2. The summed E-state index contributed by atoms with van der Waals surface area (Å²) in [6, 6.07) is 17.2. The van der Waals surface area contributed by atoms with Gasteiger partial charge in [-0.25, -0.2) is 14.2 Å². The van der Waals surface area contributed by atoms with E-state index in [0.29, 0.717) is 57.7 Å². The number of hydrogen-bond acceptors (Lipinski definition) is 14. The van der Waals surface area contributed by atoms with E-state index in [1.165, 1.54) is 38.7 Å². The number of aliphatic hydroxyl groups is 2. The Balaban J connectivity index is 0.000000192. The Bertz CT molecular complexity index is 2740. The molecule has 2 fully saturated rings. The summed E-state index contributed by atoms with van der Waals surface area (Å²) in [5.74, 6) is 9.01. The van der Waals surface area contributed by atoms with Gasteiger partial charge in [0.1, 0.15) is 0 Å². The molecule has 2 saturated heterocycles. The lowest BCUT2D eigenvalue weighted by Gasteiger charge is -2.13. The first-order valence-corrected chi connectivity index (χ1v) is 17.3. The number of rotatable bonds is 4. The molecule has 7 N–H and O–H groups in total. The third-order valence-corrected chi connectivity index (χ3v) is 9.35. The van der Waals surface area contributed by atoms with Crippen molar-refractivity contribution >= 4 is 45.8 Å². The van der Waals surface area contributed by atoms with Gasteiger partial charge in [0.05, 0.1) is 41.7 Å². The highest BCUT2D eigenvalue weighted by Gasteiger charge is 2.43. The summed E-state index contributed by atoms with van der Waals surface area (Å²) in [5, 5.41) is 46.3. The van der Waals surface area contributed by atoms with Gasteiger partial charge in [0.15, 0.2) is 22.7 Å². The normalized spacial score (nSPS) is 18.4. The summed E-state index contributed by atoms with van der Waals surface area (Å²) < 4.78 is 7.72. The maximum absolute atomic E-state index is 12.1. The topological polar surface area (TPSA) is 273 Å². The minimum atomic E-state index is -1.67. The second-order valence-electron chi connectivity index (χ2n) is 13.2. The van der Waals surface area contributed by atoms with Crippen LogP contribution >= 0.6 is 0 Å². The van der Waals surface area contributed by atoms with Crippen LogP contribution < -0.4 is 11.9 Å². The summed E-state index contributed by atoms with van der Waals surface area (Å²) in [5.41, 5.74) is 5.39. The van der Waals surface area contributed by atoms with Crippen LogP contribution in [-0.2, 0) is 14.3 Å². The highest BCUT2D eigenvalue weighted by molar-refractivity contribution is 6.03. The number of aromatic nitrogens is 8. The quantitative estimate of drug-likeness (QED) is 0.141. The summed E-state index contributed by atoms with van der Waals surface area (Å²) in [6.07, 6.45) is 3.45. The highest BCUT2D eigenvalue weighted by atomic mass is 16.5. The number of primary amides is 1. The smallest absolute Gasteiger partial charge is 0.359 e. The summed E-state index contributed by atoms with van der Waals surface area (Å²) in [7, 11) is 4.54. The molecule has 2 aliphatic heterocycles. The van der Waals surface area contributed by atoms with Gasteiger partial charge in [-0.2, -0.15) is 20.4 Å². The number of ether oxygens (including phenoxy) is 1. The largest absolute Gasteiger partial charge is 0.464 e. The Morgan fingerprint density at radius 1 is 0.741 bits per heavy atom. The molecule has 294 valence electrons. The van der Waals surface area contributed by atoms with Crippen molar-refractivity contribution < 1.29 is 34.1 Å². The lowest BCUT2D eigenvalue weighted by Crippen LogP contribution is -2.37. The van der Waals surface area contributed by atoms with E-state index in [-0.39, 0.29) is 30.4 Å². The molecule has 2 aromatic carbocycles. The van der Waals surface area contributed by atoms with E-state index in [2.05, 4.69) is 54.3 Å². The van der Waals surface area contributed by atoms with Crippen LogP contribution in [0, 0.1) is 23.7 Å². The number of amides is 3. The molecule has 0 radical (unpaired) electrons. The van der Waals surface area contributed by atoms with Crippen molar-refractivity contribution in [1.29, 1.82) is 0 Å². The average Bonchev–Trinajstić information content (AvgIpc) is 3.96. The van der Waals surface area contributed by atoms with Crippen molar-refractivity contribution in [3.8, 4) is 35.1 Å². The first kappa shape index (κ1) is 40.1. The van der Waals surface area contributed by atoms with E-state index >= 15 is 0 Å². The predicted molar refractivity (Wildman–Crippen MR) is 206 cm³/mol. The number of nitrogens with two attached hydrogens (primary N) is 1. The number of nitrogens with zero attached hydrogens (tertiary/aromatic N) is 10. The van der Waals surface area contributed by atoms with Crippen molar-refractivity contribution in [2.45, 2.75) is 24.0 Å². The lowest BCUT2D eigenvalue weighted by atomic mass is 10.0. The second kappa shape index (κ2) is 15.9. The monoisotopic (exact) mass is 784 g/mol. The van der Waals surface area contributed by atoms with Crippen molar-refractivity contribution in [2.75, 3.05) is 34.3 Å². The molecule has 0 saturated carbocycles. The van der Waals surface area contributed by atoms with Crippen molar-refractivity contribution in [1.82, 2.24) is 55.9 Å². The van der Waals surface area contributed by atoms with Gasteiger partial charge >= 0.3 is 5.97 Å². The fourth-order valence-electron chi connectivity index (χ4n) is 6.24. The standard InChI is InChI=1S/C20H17N5O4.C19H16N6O3.H3N/c1-24-11-9-20(28,19(24)27)8-6-13-4-3-5-14(12-13)25-17-15(7-10-21-22-17)16(23-25)18(26)29-2;1-24-10-8-19(28,18(24)27)7-5-12-3-2-4-13(11-12)25-17-14(6-9-21-22-17)15(23-25)16(20)26;/h3-5,7,10,12,28H,9,11H2,1-2H3;2-4,6,9,11,28H,8,10H2,1H3,(H2,20,26);1H3/t20-;19-;/m00./s1. The number of carbonyl (C=O) groups excluding carboxylic acids is 4. The Labute approximate surface area is 330 Å². The van der Waals surface area contributed by atoms with Crippen LogP contribution in [-0.4, -0.2) is 129 Å². The number of hydrogen-bond donors (Lipinski definition) is 4. The summed E-state index contributed by atoms with van der Waals surface area (Å²) >= 11 is 0. The molecule has 19 heteroatoms. The SMILES string of the molecule is CN1CC[C@@](O)(C#Cc2cccc(-n3nc(C(N)=O)c4ccnnc43)c2)C1=O.COC(=O)c1nn(-c2cccc(C#C[C@]3(O)CCN(C)C3=O)c2)c2nnccc12.N. The minimum Gasteiger partial charge on any atom is -0.464 e. The average molecular weight is 785 g/mol. The van der Waals surface area contributed by atoms with Gasteiger partial charge in [-0.1, -0.05) is 35.8 Å². The number of benzene rings is 2. The van der Waals surface area contributed by atoms with Crippen molar-refractivity contribution in [3.05, 3.63) is 95.6 Å². The fraction of sp³-hybridized carbons (Fsp3) is 0.231. The van der Waals surface area contributed by atoms with Crippen LogP contribution in [0.1, 0.15) is 44.9 Å². The number of likely N-dealkylation sites (tertiary alicyclic amines) is 2. The Hall–Kier alpha value is -7.58. The zero-order valence-corrected chi connectivity index (χ0v) is 31.4. The molecule has 3 amide bonds. The molecule has 8 rings (SSSR count). The second-order valence-corrected chi connectivity index (χ2v) is 13.2. The lowest BCUT2D eigenvalue weighted by molar-refractivity contribution is -0.138. The fourth-order valence-corrected chi connectivity index (χ4v) is 6.24. The minimum absolute atomic E-state index is 0. The molecule has 0 bridgehead atoms. The van der Waals surface area contributed by atoms with Gasteiger partial charge < -0.3 is 36.6 Å². The van der Waals surface area contributed by atoms with E-state index in [9.17, 15) is 29.4 Å². The molecule has 6 aromatic rings. The van der Waals surface area contributed by atoms with E-state index in [1.54, 1.807) is 74.8 Å². The van der Waals surface area contributed by atoms with Gasteiger partial charge in [-0.05, 0) is 48.5 Å². The third kappa shape index (κ3) is 7.51. The first-order chi connectivity index (χ1) is 27.3. The number of esters is 1. The van der Waals surface area contributed by atoms with Crippen LogP contribution in [0.15, 0.2) is 73.1 Å². The molecule has 0 spiro atoms.